The smallest absolute Gasteiger partial charge is 0.0727 e. The zero-order valence-corrected chi connectivity index (χ0v) is 41.2. The summed E-state index contributed by atoms with van der Waals surface area (Å²) in [5, 5.41) is 2.41. The number of nitrogens with zero attached hydrogens (tertiary/aromatic N) is 3. The molecule has 1 unspecified atom stereocenters. The minimum absolute atomic E-state index is 0.152. The van der Waals surface area contributed by atoms with E-state index in [-0.39, 0.29) is 35.1 Å². The largest absolute Gasteiger partial charge is 0.344 e. The summed E-state index contributed by atoms with van der Waals surface area (Å²) in [6, 6.07) is 79.2. The van der Waals surface area contributed by atoms with Gasteiger partial charge in [-0.05, 0) is 151 Å². The summed E-state index contributed by atoms with van der Waals surface area (Å²) < 4.78 is 47.1. The van der Waals surface area contributed by atoms with E-state index in [0.29, 0.717) is 11.3 Å². The van der Waals surface area contributed by atoms with Gasteiger partial charge in [0.1, 0.15) is 0 Å². The first-order valence-electron chi connectivity index (χ1n) is 28.0. The number of anilines is 6. The molecule has 0 saturated heterocycles. The fourth-order valence-corrected chi connectivity index (χ4v) is 13.2. The molecule has 3 heteroatoms. The van der Waals surface area contributed by atoms with Crippen LogP contribution in [0.5, 0.6) is 0 Å². The van der Waals surface area contributed by atoms with E-state index in [1.54, 1.807) is 0 Å². The Kier molecular flexibility index (Phi) is 8.08. The van der Waals surface area contributed by atoms with Crippen molar-refractivity contribution in [1.29, 1.82) is 0 Å². The lowest BCUT2D eigenvalue weighted by molar-refractivity contribution is 0.660. The highest BCUT2D eigenvalue weighted by atomic mass is 15.2. The Labute approximate surface area is 439 Å². The van der Waals surface area contributed by atoms with Crippen molar-refractivity contribution in [3.8, 4) is 44.5 Å². The fourth-order valence-electron chi connectivity index (χ4n) is 13.2. The number of aromatic nitrogens is 1. The molecule has 11 aromatic carbocycles. The lowest BCUT2D eigenvalue weighted by Crippen LogP contribution is -2.26. The highest BCUT2D eigenvalue weighted by molar-refractivity contribution is 6.10. The molecule has 3 nitrogen and oxygen atoms in total. The topological polar surface area (TPSA) is 11.4 Å². The number of hydrogen-bond donors (Lipinski definition) is 0. The third kappa shape index (κ3) is 5.89. The van der Waals surface area contributed by atoms with Crippen LogP contribution in [-0.2, 0) is 17.9 Å². The molecule has 0 N–H and O–H groups in total. The van der Waals surface area contributed by atoms with Crippen LogP contribution >= 0.6 is 0 Å². The second-order valence-electron chi connectivity index (χ2n) is 20.5. The molecule has 12 aromatic rings. The van der Waals surface area contributed by atoms with E-state index >= 15 is 0 Å². The van der Waals surface area contributed by atoms with Crippen LogP contribution < -0.4 is 9.80 Å². The summed E-state index contributed by atoms with van der Waals surface area (Å²) in [5.41, 5.74) is 21.8. The van der Waals surface area contributed by atoms with Crippen molar-refractivity contribution in [2.45, 2.75) is 24.7 Å². The van der Waals surface area contributed by atoms with Crippen LogP contribution in [0.15, 0.2) is 255 Å². The van der Waals surface area contributed by atoms with Gasteiger partial charge in [-0.25, -0.2) is 0 Å². The van der Waals surface area contributed by atoms with E-state index < -0.39 is 11.5 Å². The summed E-state index contributed by atoms with van der Waals surface area (Å²) in [6.07, 6.45) is 0. The molecule has 350 valence electrons. The summed E-state index contributed by atoms with van der Waals surface area (Å²) in [6.45, 7) is 4.57. The van der Waals surface area contributed by atoms with Gasteiger partial charge in [-0.3, -0.25) is 0 Å². The van der Waals surface area contributed by atoms with Crippen LogP contribution in [0.4, 0.5) is 34.1 Å². The minimum Gasteiger partial charge on any atom is -0.344 e. The molecule has 3 aliphatic carbocycles. The number of para-hydroxylation sites is 3. The predicted octanol–water partition coefficient (Wildman–Crippen LogP) is 18.6. The number of aryl methyl sites for hydroxylation is 1. The molecule has 0 saturated carbocycles. The van der Waals surface area contributed by atoms with Gasteiger partial charge in [-0.15, -0.1) is 0 Å². The average molecular weight is 951 g/mol. The summed E-state index contributed by atoms with van der Waals surface area (Å²) in [5.74, 6) is 0. The zero-order chi connectivity index (χ0) is 53.6. The summed E-state index contributed by atoms with van der Waals surface area (Å²) in [4.78, 5) is 4.63. The van der Waals surface area contributed by atoms with Gasteiger partial charge in [0, 0.05) is 68.3 Å². The van der Waals surface area contributed by atoms with E-state index in [4.69, 9.17) is 4.11 Å². The first-order valence-corrected chi connectivity index (χ1v) is 25.5. The molecule has 1 atom stereocenters. The lowest BCUT2D eigenvalue weighted by Gasteiger charge is -2.34. The van der Waals surface area contributed by atoms with Gasteiger partial charge < -0.3 is 14.4 Å². The molecular formula is C71H51N3. The number of benzene rings is 11. The van der Waals surface area contributed by atoms with Gasteiger partial charge in [-0.2, -0.15) is 0 Å². The molecule has 1 spiro atoms. The van der Waals surface area contributed by atoms with E-state index in [0.717, 1.165) is 39.6 Å². The first kappa shape index (κ1) is 37.6. The minimum atomic E-state index is -0.758. The van der Waals surface area contributed by atoms with Crippen molar-refractivity contribution in [3.05, 3.63) is 288 Å². The quantitative estimate of drug-likeness (QED) is 0.158. The van der Waals surface area contributed by atoms with Gasteiger partial charge >= 0.3 is 0 Å². The SMILES string of the molecule is [2H]c1c([2H])c([2H])c(-c2ccccc2N(c2ccc3c(c2)C(C)(C)c2ccccc2-3)c2ccc3c(c2)C2(c4ccccc4-c4ccc(N(c5ccccc5)c5ccc6c(c5)c5ccccc5n6C)cc42)c2ccccc2-3)c([2H])c1[2H]. The van der Waals surface area contributed by atoms with Crippen molar-refractivity contribution in [3.63, 3.8) is 0 Å². The van der Waals surface area contributed by atoms with Crippen LogP contribution in [0.25, 0.3) is 66.3 Å². The monoisotopic (exact) mass is 950 g/mol. The molecule has 3 aliphatic rings. The van der Waals surface area contributed by atoms with Gasteiger partial charge in [0.2, 0.25) is 0 Å². The average Bonchev–Trinajstić information content (AvgIpc) is 2.06. The standard InChI is InChI=1S/C71H51N3/c1-70(2)61-29-15-10-25-53(61)56-38-35-50(43-64(56)70)74(69-33-19-13-24-52(69)46-20-6-4-7-21-46)51-36-40-58-55-27-12-17-31-63(55)71(66(58)45-51)62-30-16-11-26-54(62)57-39-34-49(44-65(57)71)73(47-22-8-5-9-23-47)48-37-41-68-60(42-48)59-28-14-18-32-67(59)72(68)3/h4-45H,1-3H3/i4D,6D,7D,20D,21D. The molecule has 1 aromatic heterocycles. The summed E-state index contributed by atoms with van der Waals surface area (Å²) >= 11 is 0. The van der Waals surface area contributed by atoms with Crippen molar-refractivity contribution in [2.75, 3.05) is 9.80 Å². The van der Waals surface area contributed by atoms with E-state index in [1.165, 1.54) is 77.4 Å². The summed E-state index contributed by atoms with van der Waals surface area (Å²) in [7, 11) is 2.14. The molecule has 0 aliphatic heterocycles. The maximum Gasteiger partial charge on any atom is 0.0727 e. The lowest BCUT2D eigenvalue weighted by atomic mass is 9.70. The van der Waals surface area contributed by atoms with Crippen LogP contribution in [-0.4, -0.2) is 4.57 Å². The molecule has 0 fully saturated rings. The third-order valence-electron chi connectivity index (χ3n) is 16.5. The van der Waals surface area contributed by atoms with E-state index in [9.17, 15) is 2.74 Å². The van der Waals surface area contributed by atoms with Crippen LogP contribution in [0, 0.1) is 0 Å². The molecule has 0 bridgehead atoms. The van der Waals surface area contributed by atoms with Crippen molar-refractivity contribution >= 4 is 55.9 Å². The van der Waals surface area contributed by atoms with Crippen LogP contribution in [0.1, 0.15) is 54.1 Å². The van der Waals surface area contributed by atoms with Crippen LogP contribution in [0.2, 0.25) is 0 Å². The molecule has 74 heavy (non-hydrogen) atoms. The Balaban J connectivity index is 0.987. The number of rotatable bonds is 7. The molecule has 0 amide bonds. The fraction of sp³-hybridized carbons (Fsp3) is 0.0704. The maximum absolute atomic E-state index is 9.30. The van der Waals surface area contributed by atoms with E-state index in [2.05, 4.69) is 235 Å². The highest BCUT2D eigenvalue weighted by Gasteiger charge is 2.52. The number of hydrogen-bond acceptors (Lipinski definition) is 2. The van der Waals surface area contributed by atoms with Gasteiger partial charge in [0.25, 0.3) is 0 Å². The molecule has 0 radical (unpaired) electrons. The highest BCUT2D eigenvalue weighted by Crippen LogP contribution is 2.64. The van der Waals surface area contributed by atoms with E-state index in [1.807, 2.05) is 24.3 Å². The van der Waals surface area contributed by atoms with Gasteiger partial charge in [0.15, 0.2) is 0 Å². The Hall–Kier alpha value is -9.18. The van der Waals surface area contributed by atoms with Gasteiger partial charge in [0.05, 0.1) is 18.0 Å². The third-order valence-corrected chi connectivity index (χ3v) is 16.5. The molecule has 15 rings (SSSR count). The Bertz CT molecular complexity index is 4530. The second-order valence-corrected chi connectivity index (χ2v) is 20.5. The van der Waals surface area contributed by atoms with Crippen molar-refractivity contribution in [1.82, 2.24) is 4.57 Å². The van der Waals surface area contributed by atoms with Crippen molar-refractivity contribution < 1.29 is 6.85 Å². The Morgan fingerprint density at radius 1 is 0.351 bits per heavy atom. The second kappa shape index (κ2) is 15.9. The molecule has 1 heterocycles. The normalized spacial score (nSPS) is 16.1. The number of fused-ring (bicyclic) bond motifs is 16. The Morgan fingerprint density at radius 2 is 0.811 bits per heavy atom. The van der Waals surface area contributed by atoms with Crippen LogP contribution in [0.3, 0.4) is 0 Å². The predicted molar refractivity (Wildman–Crippen MR) is 309 cm³/mol. The maximum atomic E-state index is 9.30. The first-order chi connectivity index (χ1) is 38.5. The zero-order valence-electron chi connectivity index (χ0n) is 46.2. The van der Waals surface area contributed by atoms with Crippen molar-refractivity contribution in [2.24, 2.45) is 7.05 Å². The van der Waals surface area contributed by atoms with Gasteiger partial charge in [-0.1, -0.05) is 190 Å². The molecular weight excluding hydrogens is 895 g/mol. The Morgan fingerprint density at radius 3 is 1.47 bits per heavy atom.